The Hall–Kier alpha value is -1.53. The Morgan fingerprint density at radius 1 is 0.938 bits per heavy atom. The van der Waals surface area contributed by atoms with Gasteiger partial charge in [-0.2, -0.15) is 12.6 Å². The topological polar surface area (TPSA) is 78.6 Å². The van der Waals surface area contributed by atoms with Crippen LogP contribution < -0.4 is 5.73 Å². The van der Waals surface area contributed by atoms with Gasteiger partial charge in [0, 0.05) is 11.7 Å². The van der Waals surface area contributed by atoms with Gasteiger partial charge in [0.1, 0.15) is 18.6 Å². The van der Waals surface area contributed by atoms with Crippen LogP contribution in [0.2, 0.25) is 0 Å². The highest BCUT2D eigenvalue weighted by Crippen LogP contribution is 2.22. The lowest BCUT2D eigenvalue weighted by Crippen LogP contribution is -2.27. The number of esters is 2. The molecular weight excluding hydrogens is 422 g/mol. The second kappa shape index (κ2) is 20.1. The Morgan fingerprint density at radius 2 is 1.62 bits per heavy atom. The summed E-state index contributed by atoms with van der Waals surface area (Å²) in [6, 6.07) is 9.46. The summed E-state index contributed by atoms with van der Waals surface area (Å²) in [5.74, 6) is -1.14. The molecule has 0 aromatic heterocycles. The number of benzene rings is 1. The molecule has 0 amide bonds. The molecule has 0 saturated heterocycles. The summed E-state index contributed by atoms with van der Waals surface area (Å²) in [5, 5.41) is 0.391. The maximum absolute atomic E-state index is 13.0. The van der Waals surface area contributed by atoms with E-state index < -0.39 is 5.92 Å². The van der Waals surface area contributed by atoms with Crippen LogP contribution in [0.4, 0.5) is 0 Å². The van der Waals surface area contributed by atoms with E-state index in [1.807, 2.05) is 30.3 Å². The average molecular weight is 468 g/mol. The summed E-state index contributed by atoms with van der Waals surface area (Å²) in [6.07, 6.45) is 8.89. The Kier molecular flexibility index (Phi) is 19.1. The van der Waals surface area contributed by atoms with Crippen molar-refractivity contribution >= 4 is 24.6 Å². The number of thiol groups is 1. The maximum atomic E-state index is 13.0. The summed E-state index contributed by atoms with van der Waals surface area (Å²) in [5.41, 5.74) is 5.32. The highest BCUT2D eigenvalue weighted by atomic mass is 32.1. The molecule has 0 fully saturated rings. The summed E-state index contributed by atoms with van der Waals surface area (Å²) in [7, 11) is 1.50. The van der Waals surface area contributed by atoms with Crippen molar-refractivity contribution in [3.8, 4) is 0 Å². The Morgan fingerprint density at radius 3 is 2.22 bits per heavy atom. The van der Waals surface area contributed by atoms with Crippen LogP contribution >= 0.6 is 12.6 Å². The van der Waals surface area contributed by atoms with Crippen LogP contribution in [-0.2, 0) is 19.1 Å². The fraction of sp³-hybridized carbons (Fsp3) is 0.692. The van der Waals surface area contributed by atoms with Crippen molar-refractivity contribution in [1.29, 1.82) is 0 Å². The fourth-order valence-electron chi connectivity index (χ4n) is 3.35. The number of rotatable bonds is 16. The molecule has 2 N–H and O–H groups in total. The summed E-state index contributed by atoms with van der Waals surface area (Å²) in [4.78, 5) is 25.1. The molecule has 184 valence electrons. The van der Waals surface area contributed by atoms with E-state index >= 15 is 0 Å². The number of hydrogen-bond acceptors (Lipinski definition) is 6. The first-order valence-electron chi connectivity index (χ1n) is 12.2. The molecule has 5 nitrogen and oxygen atoms in total. The minimum atomic E-state index is -0.585. The van der Waals surface area contributed by atoms with E-state index in [0.29, 0.717) is 11.7 Å². The molecular formula is C26H45NO4S. The number of nitrogens with two attached hydrogens (primary N) is 1. The molecule has 0 saturated carbocycles. The zero-order chi connectivity index (χ0) is 24.2. The summed E-state index contributed by atoms with van der Waals surface area (Å²) < 4.78 is 11.3. The van der Waals surface area contributed by atoms with Gasteiger partial charge in [-0.15, -0.1) is 0 Å². The lowest BCUT2D eigenvalue weighted by molar-refractivity contribution is -0.155. The van der Waals surface area contributed by atoms with Gasteiger partial charge in [-0.25, -0.2) is 0 Å². The molecule has 3 atom stereocenters. The van der Waals surface area contributed by atoms with E-state index in [9.17, 15) is 9.59 Å². The third-order valence-corrected chi connectivity index (χ3v) is 5.93. The molecule has 0 aliphatic carbocycles. The van der Waals surface area contributed by atoms with Gasteiger partial charge < -0.3 is 15.2 Å². The Bertz CT molecular complexity index is 597. The highest BCUT2D eigenvalue weighted by molar-refractivity contribution is 7.80. The third kappa shape index (κ3) is 13.8. The SMILES string of the molecule is CCCCC(CCC)OC(=O)C(COC(=O)CCCCC(S)CC)c1ccccc1.CN. The molecule has 0 heterocycles. The van der Waals surface area contributed by atoms with Crippen LogP contribution in [0.5, 0.6) is 0 Å². The summed E-state index contributed by atoms with van der Waals surface area (Å²) in [6.45, 7) is 6.37. The van der Waals surface area contributed by atoms with Crippen molar-refractivity contribution in [2.45, 2.75) is 102 Å². The number of unbranched alkanes of at least 4 members (excludes halogenated alkanes) is 2. The lowest BCUT2D eigenvalue weighted by Gasteiger charge is -2.22. The van der Waals surface area contributed by atoms with E-state index in [2.05, 4.69) is 39.1 Å². The van der Waals surface area contributed by atoms with E-state index in [-0.39, 0.29) is 24.6 Å². The molecule has 0 aliphatic rings. The van der Waals surface area contributed by atoms with E-state index in [1.165, 1.54) is 7.05 Å². The molecule has 1 aromatic carbocycles. The van der Waals surface area contributed by atoms with Crippen LogP contribution in [0.3, 0.4) is 0 Å². The normalized spacial score (nSPS) is 13.3. The second-order valence-corrected chi connectivity index (χ2v) is 8.67. The monoisotopic (exact) mass is 467 g/mol. The number of carbonyl (C=O) groups is 2. The van der Waals surface area contributed by atoms with Crippen LogP contribution in [0.1, 0.15) is 96.5 Å². The van der Waals surface area contributed by atoms with Gasteiger partial charge in [0.05, 0.1) is 0 Å². The van der Waals surface area contributed by atoms with Gasteiger partial charge in [-0.05, 0) is 44.7 Å². The lowest BCUT2D eigenvalue weighted by atomic mass is 9.99. The highest BCUT2D eigenvalue weighted by Gasteiger charge is 2.26. The third-order valence-electron chi connectivity index (χ3n) is 5.31. The first-order chi connectivity index (χ1) is 15.5. The smallest absolute Gasteiger partial charge is 0.317 e. The standard InChI is InChI=1S/C25H40O4S.CH5N/c1-4-7-16-21(13-5-2)29-25(27)23(20-14-9-8-10-15-20)19-28-24(26)18-12-11-17-22(30)6-3;1-2/h8-10,14-15,21-23,30H,4-7,11-13,16-19H2,1-3H3;2H2,1H3. The van der Waals surface area contributed by atoms with E-state index in [1.54, 1.807) is 0 Å². The molecule has 1 aromatic rings. The zero-order valence-electron chi connectivity index (χ0n) is 20.6. The largest absolute Gasteiger partial charge is 0.464 e. The quantitative estimate of drug-likeness (QED) is 0.175. The Labute approximate surface area is 201 Å². The second-order valence-electron chi connectivity index (χ2n) is 7.94. The van der Waals surface area contributed by atoms with Crippen LogP contribution in [-0.4, -0.2) is 36.9 Å². The molecule has 0 aliphatic heterocycles. The van der Waals surface area contributed by atoms with E-state index in [4.69, 9.17) is 9.47 Å². The molecule has 0 bridgehead atoms. The molecule has 1 rings (SSSR count). The molecule has 32 heavy (non-hydrogen) atoms. The van der Waals surface area contributed by atoms with Crippen molar-refractivity contribution in [3.05, 3.63) is 35.9 Å². The predicted octanol–water partition coefficient (Wildman–Crippen LogP) is 6.06. The van der Waals surface area contributed by atoms with Crippen molar-refractivity contribution in [2.75, 3.05) is 13.7 Å². The molecule has 6 heteroatoms. The van der Waals surface area contributed by atoms with Crippen LogP contribution in [0.25, 0.3) is 0 Å². The maximum Gasteiger partial charge on any atom is 0.317 e. The minimum absolute atomic E-state index is 0.0262. The van der Waals surface area contributed by atoms with Gasteiger partial charge >= 0.3 is 11.9 Å². The van der Waals surface area contributed by atoms with Crippen molar-refractivity contribution in [2.24, 2.45) is 5.73 Å². The molecule has 0 radical (unpaired) electrons. The summed E-state index contributed by atoms with van der Waals surface area (Å²) >= 11 is 4.48. The van der Waals surface area contributed by atoms with Crippen LogP contribution in [0.15, 0.2) is 30.3 Å². The van der Waals surface area contributed by atoms with Crippen LogP contribution in [0, 0.1) is 0 Å². The fourth-order valence-corrected chi connectivity index (χ4v) is 3.53. The number of hydrogen-bond donors (Lipinski definition) is 2. The first-order valence-corrected chi connectivity index (χ1v) is 12.7. The van der Waals surface area contributed by atoms with Gasteiger partial charge in [0.15, 0.2) is 0 Å². The van der Waals surface area contributed by atoms with Gasteiger partial charge in [0.25, 0.3) is 0 Å². The average Bonchev–Trinajstić information content (AvgIpc) is 2.82. The van der Waals surface area contributed by atoms with Crippen molar-refractivity contribution in [1.82, 2.24) is 0 Å². The number of carbonyl (C=O) groups excluding carboxylic acids is 2. The first kappa shape index (κ1) is 30.5. The van der Waals surface area contributed by atoms with E-state index in [0.717, 1.165) is 63.4 Å². The number of ether oxygens (including phenoxy) is 2. The Balaban J connectivity index is 0.00000466. The van der Waals surface area contributed by atoms with Gasteiger partial charge in [-0.3, -0.25) is 9.59 Å². The molecule has 0 spiro atoms. The molecule has 3 unspecified atom stereocenters. The van der Waals surface area contributed by atoms with Gasteiger partial charge in [-0.1, -0.05) is 76.8 Å². The predicted molar refractivity (Wildman–Crippen MR) is 136 cm³/mol. The van der Waals surface area contributed by atoms with Crippen molar-refractivity contribution < 1.29 is 19.1 Å². The van der Waals surface area contributed by atoms with Gasteiger partial charge in [0.2, 0.25) is 0 Å². The zero-order valence-corrected chi connectivity index (χ0v) is 21.4. The minimum Gasteiger partial charge on any atom is -0.464 e. The van der Waals surface area contributed by atoms with Crippen molar-refractivity contribution in [3.63, 3.8) is 0 Å².